The highest BCUT2D eigenvalue weighted by Gasteiger charge is 2.20. The highest BCUT2D eigenvalue weighted by Crippen LogP contribution is 2.27. The molecule has 0 fully saturated rings. The van der Waals surface area contributed by atoms with Gasteiger partial charge in [-0.3, -0.25) is 0 Å². The lowest BCUT2D eigenvalue weighted by molar-refractivity contribution is 0.0697. The van der Waals surface area contributed by atoms with Gasteiger partial charge in [0.15, 0.2) is 0 Å². The van der Waals surface area contributed by atoms with Gasteiger partial charge in [-0.1, -0.05) is 42.5 Å². The number of ether oxygens (including phenoxy) is 2. The highest BCUT2D eigenvalue weighted by molar-refractivity contribution is 5.92. The van der Waals surface area contributed by atoms with Gasteiger partial charge in [-0.25, -0.2) is 19.2 Å². The monoisotopic (exact) mass is 578 g/mol. The Morgan fingerprint density at radius 1 is 1.05 bits per heavy atom. The van der Waals surface area contributed by atoms with E-state index >= 15 is 4.39 Å². The molecule has 9 heteroatoms. The third-order valence-electron chi connectivity index (χ3n) is 7.33. The second kappa shape index (κ2) is 12.4. The molecule has 8 nitrogen and oxygen atoms in total. The molecule has 1 N–H and O–H groups in total. The number of nitriles is 1. The molecule has 0 amide bonds. The summed E-state index contributed by atoms with van der Waals surface area (Å²) in [5, 5.41) is 18.9. The molecular weight excluding hydrogens is 547 g/mol. The van der Waals surface area contributed by atoms with E-state index in [1.807, 2.05) is 54.8 Å². The molecule has 0 spiro atoms. The van der Waals surface area contributed by atoms with Crippen molar-refractivity contribution in [3.05, 3.63) is 113 Å². The Morgan fingerprint density at radius 2 is 1.86 bits per heavy atom. The SMILES string of the molecule is COCCn1c(Cc2ccc(-c3cccc(OCc4cccc(C(C)(C)C#N)c4)n3)cc2F)nc2ccc(C(=O)O)cc21. The molecule has 3 aromatic carbocycles. The molecular formula is C34H31FN4O4. The maximum Gasteiger partial charge on any atom is 0.335 e. The van der Waals surface area contributed by atoms with E-state index in [-0.39, 0.29) is 18.6 Å². The summed E-state index contributed by atoms with van der Waals surface area (Å²) in [6, 6.07) is 25.1. The Hall–Kier alpha value is -5.07. The lowest BCUT2D eigenvalue weighted by Gasteiger charge is -2.16. The van der Waals surface area contributed by atoms with E-state index in [2.05, 4.69) is 16.0 Å². The Balaban J connectivity index is 1.35. The molecule has 218 valence electrons. The van der Waals surface area contributed by atoms with Gasteiger partial charge >= 0.3 is 5.97 Å². The number of aromatic carboxylic acids is 1. The van der Waals surface area contributed by atoms with E-state index in [0.717, 1.165) is 11.1 Å². The number of halogens is 1. The molecule has 0 atom stereocenters. The zero-order valence-corrected chi connectivity index (χ0v) is 24.2. The average molecular weight is 579 g/mol. The van der Waals surface area contributed by atoms with E-state index < -0.39 is 17.2 Å². The van der Waals surface area contributed by atoms with Crippen LogP contribution in [0.25, 0.3) is 22.3 Å². The number of carboxylic acids is 1. The molecule has 0 aliphatic heterocycles. The molecule has 0 radical (unpaired) electrons. The number of fused-ring (bicyclic) bond motifs is 1. The van der Waals surface area contributed by atoms with Gasteiger partial charge in [0.25, 0.3) is 0 Å². The molecule has 5 aromatic rings. The van der Waals surface area contributed by atoms with E-state index in [9.17, 15) is 15.2 Å². The van der Waals surface area contributed by atoms with Crippen molar-refractivity contribution in [2.45, 2.75) is 38.8 Å². The number of rotatable bonds is 11. The normalized spacial score (nSPS) is 11.4. The number of imidazole rings is 1. The van der Waals surface area contributed by atoms with Crippen LogP contribution in [-0.2, 0) is 29.7 Å². The number of aromatic nitrogens is 3. The predicted molar refractivity (Wildman–Crippen MR) is 160 cm³/mol. The van der Waals surface area contributed by atoms with Crippen LogP contribution in [0, 0.1) is 17.1 Å². The summed E-state index contributed by atoms with van der Waals surface area (Å²) in [5.74, 6) is -0.419. The van der Waals surface area contributed by atoms with Gasteiger partial charge < -0.3 is 19.1 Å². The van der Waals surface area contributed by atoms with Gasteiger partial charge in [0, 0.05) is 31.7 Å². The fourth-order valence-corrected chi connectivity index (χ4v) is 4.82. The standard InChI is InChI=1S/C34H31FN4O4/c1-34(2,21-36)26-7-4-6-22(16-26)20-43-32-9-5-8-28(38-32)24-11-10-23(27(35)17-24)19-31-37-29-13-12-25(33(40)41)18-30(29)39(31)14-15-42-3/h4-13,16-18H,14-15,19-20H2,1-3H3,(H,40,41). The first-order chi connectivity index (χ1) is 20.7. The van der Waals surface area contributed by atoms with Crippen molar-refractivity contribution in [3.8, 4) is 23.2 Å². The summed E-state index contributed by atoms with van der Waals surface area (Å²) in [7, 11) is 1.59. The number of nitrogens with zero attached hydrogens (tertiary/aromatic N) is 4. The Kier molecular flexibility index (Phi) is 8.51. The van der Waals surface area contributed by atoms with Crippen LogP contribution >= 0.6 is 0 Å². The number of hydrogen-bond donors (Lipinski definition) is 1. The first-order valence-corrected chi connectivity index (χ1v) is 13.8. The predicted octanol–water partition coefficient (Wildman–Crippen LogP) is 6.55. The molecule has 0 aliphatic rings. The smallest absolute Gasteiger partial charge is 0.335 e. The van der Waals surface area contributed by atoms with E-state index in [1.54, 1.807) is 37.4 Å². The van der Waals surface area contributed by atoms with Crippen LogP contribution in [-0.4, -0.2) is 39.3 Å². The summed E-state index contributed by atoms with van der Waals surface area (Å²) in [5.41, 5.74) is 4.28. The third-order valence-corrected chi connectivity index (χ3v) is 7.33. The minimum Gasteiger partial charge on any atom is -0.478 e. The molecule has 0 bridgehead atoms. The van der Waals surface area contributed by atoms with Crippen LogP contribution in [0.15, 0.2) is 78.9 Å². The lowest BCUT2D eigenvalue weighted by Crippen LogP contribution is -2.14. The number of carbonyl (C=O) groups is 1. The summed E-state index contributed by atoms with van der Waals surface area (Å²) in [6.45, 7) is 4.86. The maximum absolute atomic E-state index is 15.4. The fourth-order valence-electron chi connectivity index (χ4n) is 4.82. The Labute approximate surface area is 249 Å². The zero-order valence-electron chi connectivity index (χ0n) is 24.2. The summed E-state index contributed by atoms with van der Waals surface area (Å²) in [4.78, 5) is 20.8. The summed E-state index contributed by atoms with van der Waals surface area (Å²) < 4.78 is 28.5. The second-order valence-corrected chi connectivity index (χ2v) is 10.8. The van der Waals surface area contributed by atoms with Crippen LogP contribution in [0.2, 0.25) is 0 Å². The first-order valence-electron chi connectivity index (χ1n) is 13.8. The largest absolute Gasteiger partial charge is 0.478 e. The van der Waals surface area contributed by atoms with Crippen molar-refractivity contribution in [3.63, 3.8) is 0 Å². The van der Waals surface area contributed by atoms with Crippen LogP contribution < -0.4 is 4.74 Å². The second-order valence-electron chi connectivity index (χ2n) is 10.8. The van der Waals surface area contributed by atoms with Gasteiger partial charge in [-0.05, 0) is 60.9 Å². The minimum absolute atomic E-state index is 0.156. The number of methoxy groups -OCH3 is 1. The molecule has 0 aliphatic carbocycles. The van der Waals surface area contributed by atoms with E-state index in [0.29, 0.717) is 52.7 Å². The number of pyridine rings is 1. The molecule has 43 heavy (non-hydrogen) atoms. The zero-order chi connectivity index (χ0) is 30.6. The van der Waals surface area contributed by atoms with Crippen molar-refractivity contribution in [1.29, 1.82) is 5.26 Å². The van der Waals surface area contributed by atoms with E-state index in [4.69, 9.17) is 9.47 Å². The Morgan fingerprint density at radius 3 is 2.60 bits per heavy atom. The van der Waals surface area contributed by atoms with Crippen LogP contribution in [0.3, 0.4) is 0 Å². The number of carboxylic acid groups (broad SMARTS) is 1. The third kappa shape index (κ3) is 6.55. The molecule has 0 unspecified atom stereocenters. The quantitative estimate of drug-likeness (QED) is 0.189. The summed E-state index contributed by atoms with van der Waals surface area (Å²) in [6.07, 6.45) is 0.213. The van der Waals surface area contributed by atoms with Gasteiger partial charge in [-0.2, -0.15) is 5.26 Å². The molecule has 2 heterocycles. The van der Waals surface area contributed by atoms with Crippen LogP contribution in [0.1, 0.15) is 46.7 Å². The van der Waals surface area contributed by atoms with Crippen molar-refractivity contribution >= 4 is 17.0 Å². The number of benzene rings is 3. The van der Waals surface area contributed by atoms with Crippen molar-refractivity contribution in [1.82, 2.24) is 14.5 Å². The lowest BCUT2D eigenvalue weighted by atomic mass is 9.86. The highest BCUT2D eigenvalue weighted by atomic mass is 19.1. The Bertz CT molecular complexity index is 1840. The van der Waals surface area contributed by atoms with Crippen molar-refractivity contribution < 1.29 is 23.8 Å². The average Bonchev–Trinajstić information content (AvgIpc) is 3.36. The molecule has 0 saturated heterocycles. The van der Waals surface area contributed by atoms with E-state index in [1.165, 1.54) is 12.1 Å². The topological polar surface area (TPSA) is 110 Å². The minimum atomic E-state index is -1.03. The fraction of sp³-hybridized carbons (Fsp3) is 0.235. The van der Waals surface area contributed by atoms with Gasteiger partial charge in [0.1, 0.15) is 18.2 Å². The van der Waals surface area contributed by atoms with Crippen LogP contribution in [0.5, 0.6) is 5.88 Å². The maximum atomic E-state index is 15.4. The van der Waals surface area contributed by atoms with Gasteiger partial charge in [0.2, 0.25) is 5.88 Å². The molecule has 5 rings (SSSR count). The molecule has 2 aromatic heterocycles. The number of hydrogen-bond acceptors (Lipinski definition) is 6. The van der Waals surface area contributed by atoms with Crippen LogP contribution in [0.4, 0.5) is 4.39 Å². The first kappa shape index (κ1) is 29.4. The van der Waals surface area contributed by atoms with Crippen molar-refractivity contribution in [2.75, 3.05) is 13.7 Å². The van der Waals surface area contributed by atoms with Crippen molar-refractivity contribution in [2.24, 2.45) is 0 Å². The van der Waals surface area contributed by atoms with Gasteiger partial charge in [-0.15, -0.1) is 0 Å². The van der Waals surface area contributed by atoms with Gasteiger partial charge in [0.05, 0.1) is 40.4 Å². The molecule has 0 saturated carbocycles. The summed E-state index contributed by atoms with van der Waals surface area (Å²) >= 11 is 0.